The topological polar surface area (TPSA) is 73.6 Å². The Kier molecular flexibility index (Phi) is 2.95. The number of carbonyl (C=O) groups excluding carboxylic acids is 1. The number of hydrogen-bond donors (Lipinski definition) is 2. The molecule has 5 heteroatoms. The molecule has 2 aromatic rings. The van der Waals surface area contributed by atoms with Crippen LogP contribution in [0.1, 0.15) is 15.9 Å². The molecule has 0 bridgehead atoms. The Bertz CT molecular complexity index is 683. The van der Waals surface area contributed by atoms with E-state index in [0.717, 1.165) is 5.56 Å². The van der Waals surface area contributed by atoms with E-state index in [1.165, 1.54) is 0 Å². The van der Waals surface area contributed by atoms with E-state index in [1.54, 1.807) is 24.3 Å². The zero-order valence-corrected chi connectivity index (χ0v) is 11.0. The van der Waals surface area contributed by atoms with Gasteiger partial charge in [-0.25, -0.2) is 0 Å². The minimum atomic E-state index is -0.236. The first kappa shape index (κ1) is 12.3. The van der Waals surface area contributed by atoms with E-state index in [2.05, 4.69) is 5.32 Å². The third kappa shape index (κ3) is 2.25. The lowest BCUT2D eigenvalue weighted by atomic mass is 10.1. The molecule has 3 rings (SSSR count). The van der Waals surface area contributed by atoms with E-state index in [1.807, 2.05) is 19.1 Å². The van der Waals surface area contributed by atoms with Crippen LogP contribution in [0.2, 0.25) is 0 Å². The SMILES string of the molecule is Cc1ccc(N)c(NC(=O)c2ccc3c(c2)OCO3)c1. The molecule has 0 saturated carbocycles. The molecule has 1 aliphatic rings. The summed E-state index contributed by atoms with van der Waals surface area (Å²) in [6.45, 7) is 2.13. The van der Waals surface area contributed by atoms with Crippen molar-refractivity contribution in [3.05, 3.63) is 47.5 Å². The van der Waals surface area contributed by atoms with Crippen molar-refractivity contribution in [3.8, 4) is 11.5 Å². The molecule has 0 saturated heterocycles. The highest BCUT2D eigenvalue weighted by Crippen LogP contribution is 2.32. The molecule has 0 spiro atoms. The van der Waals surface area contributed by atoms with Gasteiger partial charge in [0.15, 0.2) is 11.5 Å². The zero-order chi connectivity index (χ0) is 14.1. The monoisotopic (exact) mass is 270 g/mol. The summed E-state index contributed by atoms with van der Waals surface area (Å²) in [7, 11) is 0. The van der Waals surface area contributed by atoms with Gasteiger partial charge in [0.25, 0.3) is 5.91 Å². The van der Waals surface area contributed by atoms with Crippen LogP contribution >= 0.6 is 0 Å². The average molecular weight is 270 g/mol. The van der Waals surface area contributed by atoms with Gasteiger partial charge in [-0.15, -0.1) is 0 Å². The number of hydrogen-bond acceptors (Lipinski definition) is 4. The maximum absolute atomic E-state index is 12.2. The van der Waals surface area contributed by atoms with Gasteiger partial charge in [0.05, 0.1) is 11.4 Å². The van der Waals surface area contributed by atoms with Crippen LogP contribution in [0.25, 0.3) is 0 Å². The second-order valence-electron chi connectivity index (χ2n) is 4.61. The number of fused-ring (bicyclic) bond motifs is 1. The summed E-state index contributed by atoms with van der Waals surface area (Å²) in [5, 5.41) is 2.80. The van der Waals surface area contributed by atoms with E-state index < -0.39 is 0 Å². The second kappa shape index (κ2) is 4.77. The summed E-state index contributed by atoms with van der Waals surface area (Å²) in [4.78, 5) is 12.2. The van der Waals surface area contributed by atoms with E-state index in [-0.39, 0.29) is 12.7 Å². The summed E-state index contributed by atoms with van der Waals surface area (Å²) in [6.07, 6.45) is 0. The maximum atomic E-state index is 12.2. The number of nitrogens with one attached hydrogen (secondary N) is 1. The zero-order valence-electron chi connectivity index (χ0n) is 11.0. The quantitative estimate of drug-likeness (QED) is 0.822. The molecule has 3 N–H and O–H groups in total. The second-order valence-corrected chi connectivity index (χ2v) is 4.61. The Morgan fingerprint density at radius 1 is 1.15 bits per heavy atom. The third-order valence-electron chi connectivity index (χ3n) is 3.09. The molecule has 20 heavy (non-hydrogen) atoms. The number of benzene rings is 2. The average Bonchev–Trinajstić information content (AvgIpc) is 2.90. The standard InChI is InChI=1S/C15H14N2O3/c1-9-2-4-11(16)12(6-9)17-15(18)10-3-5-13-14(7-10)20-8-19-13/h2-7H,8,16H2,1H3,(H,17,18). The van der Waals surface area contributed by atoms with Gasteiger partial charge < -0.3 is 20.5 Å². The molecule has 1 heterocycles. The fourth-order valence-corrected chi connectivity index (χ4v) is 2.01. The fraction of sp³-hybridized carbons (Fsp3) is 0.133. The first-order chi connectivity index (χ1) is 9.63. The number of ether oxygens (including phenoxy) is 2. The van der Waals surface area contributed by atoms with Crippen LogP contribution in [0.5, 0.6) is 11.5 Å². The molecule has 2 aromatic carbocycles. The molecule has 0 aliphatic carbocycles. The third-order valence-corrected chi connectivity index (χ3v) is 3.09. The van der Waals surface area contributed by atoms with Crippen molar-refractivity contribution in [2.75, 3.05) is 17.8 Å². The van der Waals surface area contributed by atoms with Gasteiger partial charge in [0.1, 0.15) is 0 Å². The Balaban J connectivity index is 1.84. The molecule has 0 fully saturated rings. The molecule has 0 aromatic heterocycles. The highest BCUT2D eigenvalue weighted by molar-refractivity contribution is 6.06. The van der Waals surface area contributed by atoms with Gasteiger partial charge in [-0.1, -0.05) is 6.07 Å². The van der Waals surface area contributed by atoms with Crippen LogP contribution in [0, 0.1) is 6.92 Å². The van der Waals surface area contributed by atoms with Crippen molar-refractivity contribution in [2.24, 2.45) is 0 Å². The van der Waals surface area contributed by atoms with Crippen LogP contribution in [0.4, 0.5) is 11.4 Å². The summed E-state index contributed by atoms with van der Waals surface area (Å²) < 4.78 is 10.5. The summed E-state index contributed by atoms with van der Waals surface area (Å²) in [5.74, 6) is 0.993. The molecular formula is C15H14N2O3. The molecule has 102 valence electrons. The van der Waals surface area contributed by atoms with E-state index in [9.17, 15) is 4.79 Å². The number of rotatable bonds is 2. The Hall–Kier alpha value is -2.69. The van der Waals surface area contributed by atoms with Gasteiger partial charge in [0.2, 0.25) is 6.79 Å². The molecule has 0 radical (unpaired) electrons. The Labute approximate surface area is 116 Å². The molecule has 0 atom stereocenters. The largest absolute Gasteiger partial charge is 0.454 e. The van der Waals surface area contributed by atoms with Gasteiger partial charge in [0, 0.05) is 5.56 Å². The van der Waals surface area contributed by atoms with Crippen LogP contribution in [0.15, 0.2) is 36.4 Å². The van der Waals surface area contributed by atoms with Crippen molar-refractivity contribution in [2.45, 2.75) is 6.92 Å². The number of nitrogen functional groups attached to an aromatic ring is 1. The lowest BCUT2D eigenvalue weighted by molar-refractivity contribution is 0.102. The van der Waals surface area contributed by atoms with Gasteiger partial charge in [-0.2, -0.15) is 0 Å². The van der Waals surface area contributed by atoms with Crippen molar-refractivity contribution in [3.63, 3.8) is 0 Å². The molecular weight excluding hydrogens is 256 g/mol. The summed E-state index contributed by atoms with van der Waals surface area (Å²) in [6, 6.07) is 10.6. The summed E-state index contributed by atoms with van der Waals surface area (Å²) in [5.41, 5.74) is 8.51. The minimum Gasteiger partial charge on any atom is -0.454 e. The minimum absolute atomic E-state index is 0.186. The molecule has 1 amide bonds. The Morgan fingerprint density at radius 2 is 1.95 bits per heavy atom. The Morgan fingerprint density at radius 3 is 2.80 bits per heavy atom. The van der Waals surface area contributed by atoms with Gasteiger partial charge >= 0.3 is 0 Å². The highest BCUT2D eigenvalue weighted by Gasteiger charge is 2.16. The van der Waals surface area contributed by atoms with E-state index >= 15 is 0 Å². The van der Waals surface area contributed by atoms with Gasteiger partial charge in [-0.05, 0) is 42.8 Å². The van der Waals surface area contributed by atoms with Crippen LogP contribution in [-0.4, -0.2) is 12.7 Å². The van der Waals surface area contributed by atoms with Crippen molar-refractivity contribution < 1.29 is 14.3 Å². The van der Waals surface area contributed by atoms with Crippen LogP contribution < -0.4 is 20.5 Å². The number of carbonyl (C=O) groups is 1. The smallest absolute Gasteiger partial charge is 0.255 e. The lowest BCUT2D eigenvalue weighted by Gasteiger charge is -2.09. The number of aryl methyl sites for hydroxylation is 1. The van der Waals surface area contributed by atoms with Crippen LogP contribution in [-0.2, 0) is 0 Å². The summed E-state index contributed by atoms with van der Waals surface area (Å²) >= 11 is 0. The van der Waals surface area contributed by atoms with Crippen molar-refractivity contribution in [1.29, 1.82) is 0 Å². The predicted molar refractivity (Wildman–Crippen MR) is 76.1 cm³/mol. The molecule has 0 unspecified atom stereocenters. The number of amides is 1. The maximum Gasteiger partial charge on any atom is 0.255 e. The van der Waals surface area contributed by atoms with Gasteiger partial charge in [-0.3, -0.25) is 4.79 Å². The van der Waals surface area contributed by atoms with Crippen molar-refractivity contribution >= 4 is 17.3 Å². The number of anilines is 2. The fourth-order valence-electron chi connectivity index (χ4n) is 2.01. The number of nitrogens with two attached hydrogens (primary N) is 1. The first-order valence-corrected chi connectivity index (χ1v) is 6.20. The highest BCUT2D eigenvalue weighted by atomic mass is 16.7. The predicted octanol–water partition coefficient (Wildman–Crippen LogP) is 2.56. The first-order valence-electron chi connectivity index (χ1n) is 6.20. The molecule has 5 nitrogen and oxygen atoms in total. The van der Waals surface area contributed by atoms with Crippen molar-refractivity contribution in [1.82, 2.24) is 0 Å². The lowest BCUT2D eigenvalue weighted by Crippen LogP contribution is -2.13. The van der Waals surface area contributed by atoms with E-state index in [4.69, 9.17) is 15.2 Å². The van der Waals surface area contributed by atoms with E-state index in [0.29, 0.717) is 28.4 Å². The molecule has 1 aliphatic heterocycles. The van der Waals surface area contributed by atoms with Crippen LogP contribution in [0.3, 0.4) is 0 Å². The normalized spacial score (nSPS) is 12.2.